The Morgan fingerprint density at radius 2 is 1.79 bits per heavy atom. The number of hydrogen-bond donors (Lipinski definition) is 3. The van der Waals surface area contributed by atoms with Crippen LogP contribution in [-0.4, -0.2) is 31.1 Å². The second-order valence-electron chi connectivity index (χ2n) is 5.36. The monoisotopic (exact) mass is 335 g/mol. The minimum Gasteiger partial charge on any atom is -0.456 e. The van der Waals surface area contributed by atoms with Gasteiger partial charge in [0.15, 0.2) is 6.61 Å². The van der Waals surface area contributed by atoms with Crippen molar-refractivity contribution < 1.29 is 19.1 Å². The Balaban J connectivity index is 2.12. The molecule has 132 valence electrons. The molecule has 24 heavy (non-hydrogen) atoms. The molecule has 0 unspecified atom stereocenters. The maximum Gasteiger partial charge on any atom is 0.312 e. The van der Waals surface area contributed by atoms with Crippen LogP contribution in [0.4, 0.5) is 10.5 Å². The smallest absolute Gasteiger partial charge is 0.312 e. The molecule has 7 nitrogen and oxygen atoms in total. The van der Waals surface area contributed by atoms with Gasteiger partial charge in [-0.25, -0.2) is 4.79 Å². The second-order valence-corrected chi connectivity index (χ2v) is 5.36. The summed E-state index contributed by atoms with van der Waals surface area (Å²) in [7, 11) is 0. The molecule has 1 rings (SSSR count). The van der Waals surface area contributed by atoms with Crippen molar-refractivity contribution in [1.82, 2.24) is 5.32 Å². The summed E-state index contributed by atoms with van der Waals surface area (Å²) in [6.07, 6.45) is 3.33. The average molecular weight is 335 g/mol. The van der Waals surface area contributed by atoms with E-state index in [4.69, 9.17) is 10.5 Å². The Kier molecular flexibility index (Phi) is 8.96. The van der Waals surface area contributed by atoms with Crippen LogP contribution in [0, 0.1) is 0 Å². The summed E-state index contributed by atoms with van der Waals surface area (Å²) in [4.78, 5) is 33.7. The SMILES string of the molecule is CCc1ccc(NC(=O)COC(=O)CCCCCNC(N)=O)cc1. The highest BCUT2D eigenvalue weighted by atomic mass is 16.5. The van der Waals surface area contributed by atoms with E-state index in [2.05, 4.69) is 17.6 Å². The number of rotatable bonds is 10. The van der Waals surface area contributed by atoms with Crippen LogP contribution in [0.15, 0.2) is 24.3 Å². The maximum atomic E-state index is 11.7. The van der Waals surface area contributed by atoms with Crippen molar-refractivity contribution in [2.24, 2.45) is 5.73 Å². The molecule has 0 fully saturated rings. The van der Waals surface area contributed by atoms with Gasteiger partial charge in [-0.1, -0.05) is 25.5 Å². The van der Waals surface area contributed by atoms with Crippen LogP contribution >= 0.6 is 0 Å². The van der Waals surface area contributed by atoms with Gasteiger partial charge in [-0.2, -0.15) is 0 Å². The van der Waals surface area contributed by atoms with Gasteiger partial charge in [-0.05, 0) is 37.0 Å². The minimum atomic E-state index is -0.551. The van der Waals surface area contributed by atoms with Gasteiger partial charge < -0.3 is 21.1 Å². The van der Waals surface area contributed by atoms with E-state index >= 15 is 0 Å². The number of ether oxygens (including phenoxy) is 1. The molecule has 0 atom stereocenters. The van der Waals surface area contributed by atoms with E-state index in [1.807, 2.05) is 24.3 Å². The zero-order valence-corrected chi connectivity index (χ0v) is 14.0. The van der Waals surface area contributed by atoms with E-state index in [1.165, 1.54) is 5.56 Å². The van der Waals surface area contributed by atoms with Crippen LogP contribution in [0.2, 0.25) is 0 Å². The largest absolute Gasteiger partial charge is 0.456 e. The van der Waals surface area contributed by atoms with Gasteiger partial charge in [-0.3, -0.25) is 9.59 Å². The van der Waals surface area contributed by atoms with Crippen molar-refractivity contribution in [2.75, 3.05) is 18.5 Å². The Hall–Kier alpha value is -2.57. The molecule has 0 radical (unpaired) electrons. The summed E-state index contributed by atoms with van der Waals surface area (Å²) >= 11 is 0. The number of anilines is 1. The van der Waals surface area contributed by atoms with Crippen LogP contribution in [0.3, 0.4) is 0 Å². The fraction of sp³-hybridized carbons (Fsp3) is 0.471. The first-order valence-electron chi connectivity index (χ1n) is 8.09. The van der Waals surface area contributed by atoms with Crippen LogP contribution < -0.4 is 16.4 Å². The first-order valence-corrected chi connectivity index (χ1v) is 8.09. The van der Waals surface area contributed by atoms with Crippen molar-refractivity contribution in [1.29, 1.82) is 0 Å². The highest BCUT2D eigenvalue weighted by molar-refractivity contribution is 5.92. The number of urea groups is 1. The third-order valence-electron chi connectivity index (χ3n) is 3.37. The van der Waals surface area contributed by atoms with E-state index in [0.717, 1.165) is 19.3 Å². The van der Waals surface area contributed by atoms with Gasteiger partial charge >= 0.3 is 12.0 Å². The fourth-order valence-corrected chi connectivity index (χ4v) is 2.02. The number of nitrogens with two attached hydrogens (primary N) is 1. The molecular weight excluding hydrogens is 310 g/mol. The molecule has 0 aliphatic heterocycles. The lowest BCUT2D eigenvalue weighted by molar-refractivity contribution is -0.147. The average Bonchev–Trinajstić information content (AvgIpc) is 2.56. The van der Waals surface area contributed by atoms with Crippen molar-refractivity contribution in [3.05, 3.63) is 29.8 Å². The number of carbonyl (C=O) groups is 3. The molecular formula is C17H25N3O4. The predicted molar refractivity (Wildman–Crippen MR) is 91.5 cm³/mol. The normalized spacial score (nSPS) is 10.0. The number of benzene rings is 1. The highest BCUT2D eigenvalue weighted by Gasteiger charge is 2.08. The zero-order valence-electron chi connectivity index (χ0n) is 14.0. The van der Waals surface area contributed by atoms with E-state index in [9.17, 15) is 14.4 Å². The van der Waals surface area contributed by atoms with E-state index in [-0.39, 0.29) is 18.9 Å². The molecule has 1 aromatic rings. The van der Waals surface area contributed by atoms with Gasteiger partial charge in [0, 0.05) is 18.7 Å². The summed E-state index contributed by atoms with van der Waals surface area (Å²) in [5, 5.41) is 5.15. The van der Waals surface area contributed by atoms with Gasteiger partial charge in [0.05, 0.1) is 0 Å². The first kappa shape index (κ1) is 19.5. The number of amides is 3. The maximum absolute atomic E-state index is 11.7. The number of esters is 1. The van der Waals surface area contributed by atoms with Crippen LogP contribution in [-0.2, 0) is 20.7 Å². The summed E-state index contributed by atoms with van der Waals surface area (Å²) in [6.45, 7) is 2.25. The second kappa shape index (κ2) is 11.0. The van der Waals surface area contributed by atoms with Crippen LogP contribution in [0.1, 0.15) is 38.2 Å². The molecule has 0 bridgehead atoms. The predicted octanol–water partition coefficient (Wildman–Crippen LogP) is 1.96. The lowest BCUT2D eigenvalue weighted by Crippen LogP contribution is -2.29. The lowest BCUT2D eigenvalue weighted by Gasteiger charge is -2.07. The van der Waals surface area contributed by atoms with Gasteiger partial charge in [0.1, 0.15) is 0 Å². The Morgan fingerprint density at radius 3 is 2.42 bits per heavy atom. The van der Waals surface area contributed by atoms with Crippen molar-refractivity contribution >= 4 is 23.6 Å². The van der Waals surface area contributed by atoms with Crippen LogP contribution in [0.25, 0.3) is 0 Å². The standard InChI is InChI=1S/C17H25N3O4/c1-2-13-7-9-14(10-8-13)20-15(21)12-24-16(22)6-4-3-5-11-19-17(18)23/h7-10H,2-6,11-12H2,1H3,(H,20,21)(H3,18,19,23). The van der Waals surface area contributed by atoms with E-state index < -0.39 is 12.0 Å². The summed E-state index contributed by atoms with van der Waals surface area (Å²) in [5.74, 6) is -0.771. The molecule has 0 spiro atoms. The summed E-state index contributed by atoms with van der Waals surface area (Å²) in [5.41, 5.74) is 6.79. The Bertz CT molecular complexity index is 543. The summed E-state index contributed by atoms with van der Waals surface area (Å²) in [6, 6.07) is 6.96. The van der Waals surface area contributed by atoms with Gasteiger partial charge in [0.25, 0.3) is 5.91 Å². The third-order valence-corrected chi connectivity index (χ3v) is 3.37. The molecule has 3 amide bonds. The number of carbonyl (C=O) groups excluding carboxylic acids is 3. The number of nitrogens with one attached hydrogen (secondary N) is 2. The number of primary amides is 1. The van der Waals surface area contributed by atoms with Crippen molar-refractivity contribution in [3.63, 3.8) is 0 Å². The molecule has 0 saturated heterocycles. The molecule has 0 aromatic heterocycles. The quantitative estimate of drug-likeness (QED) is 0.448. The van der Waals surface area contributed by atoms with Crippen molar-refractivity contribution in [2.45, 2.75) is 39.0 Å². The molecule has 0 aliphatic carbocycles. The third kappa shape index (κ3) is 8.77. The zero-order chi connectivity index (χ0) is 17.8. The molecule has 1 aromatic carbocycles. The topological polar surface area (TPSA) is 111 Å². The fourth-order valence-electron chi connectivity index (χ4n) is 2.02. The molecule has 0 heterocycles. The first-order chi connectivity index (χ1) is 11.5. The highest BCUT2D eigenvalue weighted by Crippen LogP contribution is 2.09. The van der Waals surface area contributed by atoms with Crippen LogP contribution in [0.5, 0.6) is 0 Å². The molecule has 7 heteroatoms. The summed E-state index contributed by atoms with van der Waals surface area (Å²) < 4.78 is 4.92. The Labute approximate surface area is 141 Å². The molecule has 4 N–H and O–H groups in total. The molecule has 0 saturated carbocycles. The number of hydrogen-bond acceptors (Lipinski definition) is 4. The number of aryl methyl sites for hydroxylation is 1. The van der Waals surface area contributed by atoms with E-state index in [0.29, 0.717) is 18.7 Å². The van der Waals surface area contributed by atoms with Gasteiger partial charge in [0.2, 0.25) is 0 Å². The minimum absolute atomic E-state index is 0.245. The lowest BCUT2D eigenvalue weighted by atomic mass is 10.1. The van der Waals surface area contributed by atoms with E-state index in [1.54, 1.807) is 0 Å². The van der Waals surface area contributed by atoms with Crippen molar-refractivity contribution in [3.8, 4) is 0 Å². The Morgan fingerprint density at radius 1 is 1.08 bits per heavy atom. The number of unbranched alkanes of at least 4 members (excludes halogenated alkanes) is 2. The van der Waals surface area contributed by atoms with Gasteiger partial charge in [-0.15, -0.1) is 0 Å². The molecule has 0 aliphatic rings.